The molecular weight excluding hydrogens is 499 g/mol. The number of hydrogen-bond acceptors (Lipinski definition) is 3. The van der Waals surface area contributed by atoms with E-state index in [1.54, 1.807) is 18.2 Å². The summed E-state index contributed by atoms with van der Waals surface area (Å²) in [6, 6.07) is 26.1. The molecule has 0 bridgehead atoms. The van der Waals surface area contributed by atoms with E-state index in [0.29, 0.717) is 22.3 Å². The molecule has 150 valence electrons. The summed E-state index contributed by atoms with van der Waals surface area (Å²) < 4.78 is 5.85. The van der Waals surface area contributed by atoms with Gasteiger partial charge in [0.15, 0.2) is 5.78 Å². The highest BCUT2D eigenvalue weighted by Gasteiger charge is 2.16. The fraction of sp³-hybridized carbons (Fsp3) is 0.0370. The van der Waals surface area contributed by atoms with Crippen LogP contribution in [0, 0.1) is 15.4 Å². The van der Waals surface area contributed by atoms with E-state index in [1.807, 2.05) is 66.7 Å². The van der Waals surface area contributed by atoms with Gasteiger partial charge in [0.1, 0.15) is 0 Å². The quantitative estimate of drug-likeness (QED) is 0.148. The Morgan fingerprint density at radius 1 is 0.742 bits per heavy atom. The van der Waals surface area contributed by atoms with Crippen molar-refractivity contribution in [2.75, 3.05) is 7.11 Å². The number of carbonyl (C=O) groups excluding carboxylic acids is 2. The Kier molecular flexibility index (Phi) is 6.15. The number of hydrogen-bond donors (Lipinski definition) is 0. The molecule has 0 amide bonds. The average molecular weight is 516 g/mol. The highest BCUT2D eigenvalue weighted by molar-refractivity contribution is 14.1. The molecule has 0 saturated carbocycles. The van der Waals surface area contributed by atoms with Gasteiger partial charge in [0.25, 0.3) is 0 Å². The number of fused-ring (bicyclic) bond motifs is 1. The zero-order chi connectivity index (χ0) is 21.8. The number of benzene rings is 4. The van der Waals surface area contributed by atoms with Crippen molar-refractivity contribution in [2.45, 2.75) is 0 Å². The Labute approximate surface area is 194 Å². The van der Waals surface area contributed by atoms with Crippen molar-refractivity contribution in [1.29, 1.82) is 0 Å². The van der Waals surface area contributed by atoms with Crippen LogP contribution in [0.2, 0.25) is 0 Å². The average Bonchev–Trinajstić information content (AvgIpc) is 2.82. The van der Waals surface area contributed by atoms with Crippen molar-refractivity contribution in [3.05, 3.63) is 116 Å². The van der Waals surface area contributed by atoms with E-state index in [-0.39, 0.29) is 5.78 Å². The van der Waals surface area contributed by atoms with Crippen LogP contribution in [0.1, 0.15) is 37.4 Å². The first-order chi connectivity index (χ1) is 15.1. The van der Waals surface area contributed by atoms with E-state index in [0.717, 1.165) is 19.9 Å². The summed E-state index contributed by atoms with van der Waals surface area (Å²) in [6.07, 6.45) is 0. The van der Waals surface area contributed by atoms with Gasteiger partial charge in [-0.05, 0) is 69.8 Å². The Hall–Kier alpha value is -3.43. The third-order valence-corrected chi connectivity index (χ3v) is 5.84. The molecule has 0 atom stereocenters. The minimum atomic E-state index is -0.470. The molecule has 0 aliphatic carbocycles. The van der Waals surface area contributed by atoms with Crippen molar-refractivity contribution in [3.63, 3.8) is 0 Å². The fourth-order valence-corrected chi connectivity index (χ4v) is 3.80. The van der Waals surface area contributed by atoms with Gasteiger partial charge in [-0.1, -0.05) is 60.4 Å². The maximum atomic E-state index is 13.4. The molecule has 0 radical (unpaired) electrons. The number of ketones is 1. The molecule has 0 spiro atoms. The van der Waals surface area contributed by atoms with Gasteiger partial charge in [-0.15, -0.1) is 0 Å². The second-order valence-corrected chi connectivity index (χ2v) is 8.04. The maximum Gasteiger partial charge on any atom is 0.337 e. The van der Waals surface area contributed by atoms with Crippen LogP contribution in [0.25, 0.3) is 10.8 Å². The van der Waals surface area contributed by atoms with Gasteiger partial charge in [0, 0.05) is 25.8 Å². The second kappa shape index (κ2) is 9.15. The number of rotatable bonds is 3. The molecule has 4 aromatic rings. The molecule has 3 nitrogen and oxygen atoms in total. The fourth-order valence-electron chi connectivity index (χ4n) is 3.27. The van der Waals surface area contributed by atoms with Gasteiger partial charge in [0.05, 0.1) is 12.7 Å². The van der Waals surface area contributed by atoms with E-state index in [1.165, 1.54) is 7.11 Å². The van der Waals surface area contributed by atoms with Crippen molar-refractivity contribution in [1.82, 2.24) is 0 Å². The van der Waals surface area contributed by atoms with Crippen molar-refractivity contribution in [3.8, 4) is 11.8 Å². The molecule has 0 heterocycles. The number of carbonyl (C=O) groups is 2. The topological polar surface area (TPSA) is 43.4 Å². The summed E-state index contributed by atoms with van der Waals surface area (Å²) in [4.78, 5) is 25.4. The first-order valence-corrected chi connectivity index (χ1v) is 10.7. The second-order valence-electron chi connectivity index (χ2n) is 6.87. The Balaban J connectivity index is 1.81. The standard InChI is InChI=1S/C27H17IO3/c1-31-27(30)23-14-15-24(21(17-23)12-11-19-7-4-5-9-25(19)28)26(29)22-13-10-18-6-2-3-8-20(18)16-22/h2-10,13-17H,1H3. The third kappa shape index (κ3) is 4.52. The van der Waals surface area contributed by atoms with E-state index < -0.39 is 5.97 Å². The molecule has 0 saturated heterocycles. The third-order valence-electron chi connectivity index (χ3n) is 4.90. The smallest absolute Gasteiger partial charge is 0.337 e. The zero-order valence-corrected chi connectivity index (χ0v) is 18.8. The number of esters is 1. The molecule has 0 aliphatic heterocycles. The number of halogens is 1. The van der Waals surface area contributed by atoms with Crippen molar-refractivity contribution >= 4 is 45.1 Å². The highest BCUT2D eigenvalue weighted by atomic mass is 127. The number of ether oxygens (including phenoxy) is 1. The van der Waals surface area contributed by atoms with Gasteiger partial charge >= 0.3 is 5.97 Å². The zero-order valence-electron chi connectivity index (χ0n) is 16.7. The van der Waals surface area contributed by atoms with E-state index in [4.69, 9.17) is 4.74 Å². The SMILES string of the molecule is COC(=O)c1ccc(C(=O)c2ccc3ccccc3c2)c(C#Cc2ccccc2I)c1. The summed E-state index contributed by atoms with van der Waals surface area (Å²) in [5.74, 6) is 5.61. The van der Waals surface area contributed by atoms with E-state index in [2.05, 4.69) is 34.4 Å². The first-order valence-electron chi connectivity index (χ1n) is 9.59. The summed E-state index contributed by atoms with van der Waals surface area (Å²) >= 11 is 2.22. The van der Waals surface area contributed by atoms with Gasteiger partial charge in [0.2, 0.25) is 0 Å². The van der Waals surface area contributed by atoms with Gasteiger partial charge in [-0.3, -0.25) is 4.79 Å². The minimum Gasteiger partial charge on any atom is -0.465 e. The summed E-state index contributed by atoms with van der Waals surface area (Å²) in [5.41, 5.74) is 2.71. The molecular formula is C27H17IO3. The molecule has 0 fully saturated rings. The monoisotopic (exact) mass is 516 g/mol. The van der Waals surface area contributed by atoms with Crippen molar-refractivity contribution < 1.29 is 14.3 Å². The Morgan fingerprint density at radius 3 is 2.19 bits per heavy atom. The number of methoxy groups -OCH3 is 1. The highest BCUT2D eigenvalue weighted by Crippen LogP contribution is 2.21. The van der Waals surface area contributed by atoms with E-state index in [9.17, 15) is 9.59 Å². The van der Waals surface area contributed by atoms with Crippen LogP contribution < -0.4 is 0 Å². The van der Waals surface area contributed by atoms with Gasteiger partial charge < -0.3 is 4.74 Å². The van der Waals surface area contributed by atoms with Crippen LogP contribution in [0.15, 0.2) is 84.9 Å². The predicted octanol–water partition coefficient (Wildman–Crippen LogP) is 5.86. The molecule has 0 aliphatic rings. The molecule has 31 heavy (non-hydrogen) atoms. The molecule has 4 heteroatoms. The lowest BCUT2D eigenvalue weighted by atomic mass is 9.95. The van der Waals surface area contributed by atoms with E-state index >= 15 is 0 Å². The molecule has 4 rings (SSSR count). The van der Waals surface area contributed by atoms with Crippen LogP contribution in [-0.4, -0.2) is 18.9 Å². The first kappa shape index (κ1) is 20.8. The van der Waals surface area contributed by atoms with Crippen LogP contribution in [0.5, 0.6) is 0 Å². The van der Waals surface area contributed by atoms with Crippen LogP contribution >= 0.6 is 22.6 Å². The lowest BCUT2D eigenvalue weighted by molar-refractivity contribution is 0.0600. The van der Waals surface area contributed by atoms with Gasteiger partial charge in [-0.2, -0.15) is 0 Å². The van der Waals surface area contributed by atoms with Crippen LogP contribution in [-0.2, 0) is 4.74 Å². The minimum absolute atomic E-state index is 0.144. The lowest BCUT2D eigenvalue weighted by Gasteiger charge is -2.08. The summed E-state index contributed by atoms with van der Waals surface area (Å²) in [5, 5.41) is 2.06. The Morgan fingerprint density at radius 2 is 1.42 bits per heavy atom. The maximum absolute atomic E-state index is 13.4. The Bertz CT molecular complexity index is 1380. The van der Waals surface area contributed by atoms with Gasteiger partial charge in [-0.25, -0.2) is 4.79 Å². The largest absolute Gasteiger partial charge is 0.465 e. The molecule has 0 aromatic heterocycles. The van der Waals surface area contributed by atoms with Crippen molar-refractivity contribution in [2.24, 2.45) is 0 Å². The normalized spacial score (nSPS) is 10.3. The molecule has 0 N–H and O–H groups in total. The summed E-state index contributed by atoms with van der Waals surface area (Å²) in [6.45, 7) is 0. The lowest BCUT2D eigenvalue weighted by Crippen LogP contribution is -2.07. The summed E-state index contributed by atoms with van der Waals surface area (Å²) in [7, 11) is 1.33. The van der Waals surface area contributed by atoms with Crippen LogP contribution in [0.3, 0.4) is 0 Å². The predicted molar refractivity (Wildman–Crippen MR) is 130 cm³/mol. The molecule has 0 unspecified atom stereocenters. The molecule has 4 aromatic carbocycles. The van der Waals surface area contributed by atoms with Crippen LogP contribution in [0.4, 0.5) is 0 Å².